The van der Waals surface area contributed by atoms with Crippen LogP contribution in [0.15, 0.2) is 18.2 Å². The Bertz CT molecular complexity index is 572. The van der Waals surface area contributed by atoms with Crippen molar-refractivity contribution < 1.29 is 19.1 Å². The summed E-state index contributed by atoms with van der Waals surface area (Å²) >= 11 is 6.09. The molecule has 1 N–H and O–H groups in total. The van der Waals surface area contributed by atoms with E-state index in [0.717, 1.165) is 5.56 Å². The van der Waals surface area contributed by atoms with E-state index in [0.29, 0.717) is 17.2 Å². The van der Waals surface area contributed by atoms with Crippen molar-refractivity contribution in [1.82, 2.24) is 5.32 Å². The van der Waals surface area contributed by atoms with Gasteiger partial charge in [0.05, 0.1) is 24.7 Å². The van der Waals surface area contributed by atoms with Gasteiger partial charge in [-0.05, 0) is 38.0 Å². The molecule has 5 nitrogen and oxygen atoms in total. The fourth-order valence-electron chi connectivity index (χ4n) is 2.11. The lowest BCUT2D eigenvalue weighted by Crippen LogP contribution is -2.41. The highest BCUT2D eigenvalue weighted by molar-refractivity contribution is 6.32. The first-order chi connectivity index (χ1) is 10.7. The van der Waals surface area contributed by atoms with Crippen molar-refractivity contribution in [2.45, 2.75) is 27.2 Å². The number of halogens is 1. The van der Waals surface area contributed by atoms with Gasteiger partial charge in [0.25, 0.3) is 0 Å². The summed E-state index contributed by atoms with van der Waals surface area (Å²) in [6.45, 7) is 5.52. The van der Waals surface area contributed by atoms with Gasteiger partial charge >= 0.3 is 5.97 Å². The Kier molecular flexibility index (Phi) is 6.88. The number of ether oxygens (including phenoxy) is 2. The van der Waals surface area contributed by atoms with Gasteiger partial charge in [-0.2, -0.15) is 0 Å². The lowest BCUT2D eigenvalue weighted by Gasteiger charge is -2.23. The highest BCUT2D eigenvalue weighted by Crippen LogP contribution is 2.26. The van der Waals surface area contributed by atoms with Crippen molar-refractivity contribution >= 4 is 23.5 Å². The summed E-state index contributed by atoms with van der Waals surface area (Å²) in [4.78, 5) is 23.8. The maximum absolute atomic E-state index is 12.2. The van der Waals surface area contributed by atoms with Crippen LogP contribution < -0.4 is 10.1 Å². The summed E-state index contributed by atoms with van der Waals surface area (Å²) in [7, 11) is 2.89. The van der Waals surface area contributed by atoms with Crippen LogP contribution in [0.5, 0.6) is 5.75 Å². The number of esters is 1. The zero-order valence-corrected chi connectivity index (χ0v) is 15.0. The van der Waals surface area contributed by atoms with E-state index in [1.54, 1.807) is 33.1 Å². The van der Waals surface area contributed by atoms with Crippen molar-refractivity contribution in [1.29, 1.82) is 0 Å². The van der Waals surface area contributed by atoms with Gasteiger partial charge in [0.2, 0.25) is 5.91 Å². The van der Waals surface area contributed by atoms with E-state index in [4.69, 9.17) is 21.1 Å². The molecule has 0 bridgehead atoms. The Hall–Kier alpha value is -1.75. The van der Waals surface area contributed by atoms with Gasteiger partial charge in [0.15, 0.2) is 0 Å². The second-order valence-corrected chi connectivity index (χ2v) is 6.57. The van der Waals surface area contributed by atoms with Crippen LogP contribution in [0, 0.1) is 11.3 Å². The van der Waals surface area contributed by atoms with E-state index in [1.165, 1.54) is 7.11 Å². The predicted octanol–water partition coefficient (Wildman–Crippen LogP) is 2.84. The molecular weight excluding hydrogens is 318 g/mol. The number of carbonyl (C=O) groups is 2. The first-order valence-electron chi connectivity index (χ1n) is 7.39. The molecule has 0 fully saturated rings. The highest BCUT2D eigenvalue weighted by Gasteiger charge is 2.29. The number of benzene rings is 1. The minimum Gasteiger partial charge on any atom is -0.495 e. The molecule has 0 saturated heterocycles. The molecule has 1 amide bonds. The van der Waals surface area contributed by atoms with Gasteiger partial charge in [-0.1, -0.05) is 24.6 Å². The number of amides is 1. The first-order valence-corrected chi connectivity index (χ1v) is 7.77. The van der Waals surface area contributed by atoms with Crippen LogP contribution in [0.3, 0.4) is 0 Å². The molecule has 1 aromatic rings. The van der Waals surface area contributed by atoms with Gasteiger partial charge in [0, 0.05) is 12.5 Å². The van der Waals surface area contributed by atoms with Gasteiger partial charge in [0.1, 0.15) is 5.75 Å². The first kappa shape index (κ1) is 19.3. The van der Waals surface area contributed by atoms with E-state index >= 15 is 0 Å². The Morgan fingerprint density at radius 2 is 1.96 bits per heavy atom. The van der Waals surface area contributed by atoms with Gasteiger partial charge in [-0.3, -0.25) is 9.59 Å². The van der Waals surface area contributed by atoms with E-state index in [2.05, 4.69) is 5.32 Å². The molecule has 0 spiro atoms. The third-order valence-electron chi connectivity index (χ3n) is 3.65. The molecule has 23 heavy (non-hydrogen) atoms. The van der Waals surface area contributed by atoms with E-state index in [1.807, 2.05) is 13.0 Å². The third kappa shape index (κ3) is 5.43. The van der Waals surface area contributed by atoms with Crippen molar-refractivity contribution in [2.24, 2.45) is 11.3 Å². The van der Waals surface area contributed by atoms with Crippen LogP contribution >= 0.6 is 11.6 Å². The van der Waals surface area contributed by atoms with Crippen LogP contribution in [0.1, 0.15) is 26.3 Å². The highest BCUT2D eigenvalue weighted by atomic mass is 35.5. The molecule has 0 aliphatic heterocycles. The number of hydrogen-bond acceptors (Lipinski definition) is 4. The summed E-state index contributed by atoms with van der Waals surface area (Å²) in [5, 5.41) is 3.32. The SMILES string of the molecule is COC(=O)C(C)(C)CNC(=O)[C@H](C)Cc1ccc(OC)c(Cl)c1. The van der Waals surface area contributed by atoms with Crippen LogP contribution in [0.4, 0.5) is 0 Å². The maximum Gasteiger partial charge on any atom is 0.313 e. The van der Waals surface area contributed by atoms with Crippen molar-refractivity contribution in [2.75, 3.05) is 20.8 Å². The number of rotatable bonds is 7. The largest absolute Gasteiger partial charge is 0.495 e. The normalized spacial score (nSPS) is 12.4. The monoisotopic (exact) mass is 341 g/mol. The lowest BCUT2D eigenvalue weighted by molar-refractivity contribution is -0.150. The fourth-order valence-corrected chi connectivity index (χ4v) is 2.39. The second-order valence-electron chi connectivity index (χ2n) is 6.17. The van der Waals surface area contributed by atoms with Gasteiger partial charge < -0.3 is 14.8 Å². The number of nitrogens with one attached hydrogen (secondary N) is 1. The molecule has 0 aromatic heterocycles. The standard InChI is InChI=1S/C17H24ClNO4/c1-11(8-12-6-7-14(22-4)13(18)9-12)15(20)19-10-17(2,3)16(21)23-5/h6-7,9,11H,8,10H2,1-5H3,(H,19,20)/t11-/m1/s1. The molecule has 1 aromatic carbocycles. The summed E-state index contributed by atoms with van der Waals surface area (Å²) < 4.78 is 9.83. The molecule has 128 valence electrons. The van der Waals surface area contributed by atoms with Crippen molar-refractivity contribution in [3.05, 3.63) is 28.8 Å². The molecule has 0 heterocycles. The molecule has 0 radical (unpaired) electrons. The molecule has 0 saturated carbocycles. The number of carbonyl (C=O) groups excluding carboxylic acids is 2. The minimum absolute atomic E-state index is 0.117. The Morgan fingerprint density at radius 1 is 1.30 bits per heavy atom. The molecule has 0 unspecified atom stereocenters. The number of methoxy groups -OCH3 is 2. The van der Waals surface area contributed by atoms with E-state index in [9.17, 15) is 9.59 Å². The molecule has 6 heteroatoms. The molecule has 0 aliphatic rings. The summed E-state index contributed by atoms with van der Waals surface area (Å²) in [5.74, 6) is -0.110. The lowest BCUT2D eigenvalue weighted by atomic mass is 9.93. The van der Waals surface area contributed by atoms with Gasteiger partial charge in [-0.15, -0.1) is 0 Å². The molecule has 0 aliphatic carbocycles. The molecule has 1 rings (SSSR count). The van der Waals surface area contributed by atoms with Crippen LogP contribution in [-0.2, 0) is 20.7 Å². The van der Waals surface area contributed by atoms with Crippen LogP contribution in [0.25, 0.3) is 0 Å². The van der Waals surface area contributed by atoms with Crippen LogP contribution in [0.2, 0.25) is 5.02 Å². The van der Waals surface area contributed by atoms with Crippen molar-refractivity contribution in [3.63, 3.8) is 0 Å². The smallest absolute Gasteiger partial charge is 0.313 e. The average Bonchev–Trinajstić information content (AvgIpc) is 2.51. The fraction of sp³-hybridized carbons (Fsp3) is 0.529. The Labute approximate surface area is 142 Å². The zero-order chi connectivity index (χ0) is 17.6. The average molecular weight is 342 g/mol. The van der Waals surface area contributed by atoms with Crippen molar-refractivity contribution in [3.8, 4) is 5.75 Å². The van der Waals surface area contributed by atoms with Crippen LogP contribution in [-0.4, -0.2) is 32.6 Å². The summed E-state index contributed by atoms with van der Waals surface area (Å²) in [5.41, 5.74) is 0.193. The third-order valence-corrected chi connectivity index (χ3v) is 3.94. The summed E-state index contributed by atoms with van der Waals surface area (Å²) in [6.07, 6.45) is 0.550. The Morgan fingerprint density at radius 3 is 2.48 bits per heavy atom. The molecule has 1 atom stereocenters. The minimum atomic E-state index is -0.756. The van der Waals surface area contributed by atoms with E-state index < -0.39 is 5.41 Å². The number of hydrogen-bond donors (Lipinski definition) is 1. The second kappa shape index (κ2) is 8.20. The predicted molar refractivity (Wildman–Crippen MR) is 89.7 cm³/mol. The quantitative estimate of drug-likeness (QED) is 0.774. The van der Waals surface area contributed by atoms with Gasteiger partial charge in [-0.25, -0.2) is 0 Å². The topological polar surface area (TPSA) is 64.6 Å². The maximum atomic E-state index is 12.2. The Balaban J connectivity index is 2.61. The summed E-state index contributed by atoms with van der Waals surface area (Å²) in [6, 6.07) is 5.46. The van der Waals surface area contributed by atoms with E-state index in [-0.39, 0.29) is 24.3 Å². The zero-order valence-electron chi connectivity index (χ0n) is 14.2. The molecular formula is C17H24ClNO4.